The smallest absolute Gasteiger partial charge is 0.0528 e. The van der Waals surface area contributed by atoms with Gasteiger partial charge in [0.15, 0.2) is 0 Å². The van der Waals surface area contributed by atoms with Crippen LogP contribution in [0.1, 0.15) is 18.4 Å². The Morgan fingerprint density at radius 1 is 1.29 bits per heavy atom. The minimum Gasteiger partial charge on any atom is -0.395 e. The molecule has 1 aliphatic rings. The van der Waals surface area contributed by atoms with Gasteiger partial charge in [0.25, 0.3) is 0 Å². The van der Waals surface area contributed by atoms with Crippen molar-refractivity contribution in [2.45, 2.75) is 18.3 Å². The van der Waals surface area contributed by atoms with Crippen LogP contribution in [0.4, 0.5) is 0 Å². The van der Waals surface area contributed by atoms with Crippen molar-refractivity contribution in [3.05, 3.63) is 36.0 Å². The van der Waals surface area contributed by atoms with Crippen LogP contribution in [0, 0.1) is 0 Å². The van der Waals surface area contributed by atoms with E-state index in [0.29, 0.717) is 0 Å². The molecule has 1 aromatic heterocycles. The van der Waals surface area contributed by atoms with Crippen LogP contribution in [0.5, 0.6) is 0 Å². The first-order chi connectivity index (χ1) is 6.86. The van der Waals surface area contributed by atoms with E-state index >= 15 is 0 Å². The predicted molar refractivity (Wildman–Crippen MR) is 56.3 cm³/mol. The molecule has 0 unspecified atom stereocenters. The number of aliphatic hydroxyl groups excluding tert-OH is 1. The minimum absolute atomic E-state index is 0.0691. The molecule has 2 nitrogen and oxygen atoms in total. The summed E-state index contributed by atoms with van der Waals surface area (Å²) < 4.78 is 0. The fraction of sp³-hybridized carbons (Fsp3) is 0.333. The summed E-state index contributed by atoms with van der Waals surface area (Å²) in [5.74, 6) is 0. The first kappa shape index (κ1) is 8.06. The molecule has 0 radical (unpaired) electrons. The lowest BCUT2D eigenvalue weighted by atomic mass is 9.97. The summed E-state index contributed by atoms with van der Waals surface area (Å²) in [5.41, 5.74) is 2.53. The SMILES string of the molecule is OCC1(c2c[nH]c3ccccc23)CC1. The van der Waals surface area contributed by atoms with Crippen LogP contribution in [0.3, 0.4) is 0 Å². The average molecular weight is 187 g/mol. The first-order valence-corrected chi connectivity index (χ1v) is 5.03. The molecule has 72 valence electrons. The summed E-state index contributed by atoms with van der Waals surface area (Å²) in [6.45, 7) is 0.273. The van der Waals surface area contributed by atoms with Crippen molar-refractivity contribution in [2.24, 2.45) is 0 Å². The lowest BCUT2D eigenvalue weighted by Crippen LogP contribution is -2.10. The highest BCUT2D eigenvalue weighted by atomic mass is 16.3. The second kappa shape index (κ2) is 2.61. The molecule has 2 N–H and O–H groups in total. The second-order valence-corrected chi connectivity index (χ2v) is 4.19. The van der Waals surface area contributed by atoms with Crippen molar-refractivity contribution < 1.29 is 5.11 Å². The standard InChI is InChI=1S/C12H13NO/c14-8-12(5-6-12)10-7-13-11-4-2-1-3-9(10)11/h1-4,7,13-14H,5-6,8H2. The molecular weight excluding hydrogens is 174 g/mol. The maximum absolute atomic E-state index is 9.37. The molecule has 3 rings (SSSR count). The van der Waals surface area contributed by atoms with Gasteiger partial charge in [-0.1, -0.05) is 18.2 Å². The molecule has 0 atom stereocenters. The van der Waals surface area contributed by atoms with Gasteiger partial charge >= 0.3 is 0 Å². The molecule has 1 aromatic carbocycles. The number of H-pyrrole nitrogens is 1. The quantitative estimate of drug-likeness (QED) is 0.742. The monoisotopic (exact) mass is 187 g/mol. The fourth-order valence-electron chi connectivity index (χ4n) is 2.17. The van der Waals surface area contributed by atoms with Gasteiger partial charge in [0.05, 0.1) is 6.61 Å². The third-order valence-electron chi connectivity index (χ3n) is 3.32. The molecule has 2 aromatic rings. The van der Waals surface area contributed by atoms with Crippen molar-refractivity contribution in [3.63, 3.8) is 0 Å². The molecule has 0 bridgehead atoms. The number of aromatic nitrogens is 1. The van der Waals surface area contributed by atoms with Crippen molar-refractivity contribution in [1.29, 1.82) is 0 Å². The number of nitrogens with one attached hydrogen (secondary N) is 1. The zero-order valence-corrected chi connectivity index (χ0v) is 7.96. The Morgan fingerprint density at radius 3 is 2.79 bits per heavy atom. The summed E-state index contributed by atoms with van der Waals surface area (Å²) >= 11 is 0. The number of aromatic amines is 1. The summed E-state index contributed by atoms with van der Waals surface area (Å²) in [5, 5.41) is 10.6. The Labute approximate surface area is 82.6 Å². The van der Waals surface area contributed by atoms with Crippen LogP contribution < -0.4 is 0 Å². The summed E-state index contributed by atoms with van der Waals surface area (Å²) in [6.07, 6.45) is 4.28. The number of aliphatic hydroxyl groups is 1. The second-order valence-electron chi connectivity index (χ2n) is 4.19. The van der Waals surface area contributed by atoms with E-state index in [2.05, 4.69) is 17.1 Å². The van der Waals surface area contributed by atoms with Crippen molar-refractivity contribution >= 4 is 10.9 Å². The zero-order chi connectivity index (χ0) is 9.60. The largest absolute Gasteiger partial charge is 0.395 e. The number of hydrogen-bond donors (Lipinski definition) is 2. The van der Waals surface area contributed by atoms with Crippen LogP contribution in [-0.2, 0) is 5.41 Å². The number of rotatable bonds is 2. The molecule has 0 aliphatic heterocycles. The normalized spacial score (nSPS) is 18.6. The molecule has 2 heteroatoms. The van der Waals surface area contributed by atoms with Gasteiger partial charge in [-0.2, -0.15) is 0 Å². The van der Waals surface area contributed by atoms with E-state index in [9.17, 15) is 5.11 Å². The van der Waals surface area contributed by atoms with Gasteiger partial charge < -0.3 is 10.1 Å². The van der Waals surface area contributed by atoms with Gasteiger partial charge in [-0.05, 0) is 24.5 Å². The lowest BCUT2D eigenvalue weighted by Gasteiger charge is -2.09. The van der Waals surface area contributed by atoms with E-state index in [1.54, 1.807) is 0 Å². The van der Waals surface area contributed by atoms with Gasteiger partial charge in [0.2, 0.25) is 0 Å². The number of hydrogen-bond acceptors (Lipinski definition) is 1. The molecule has 1 aliphatic carbocycles. The summed E-state index contributed by atoms with van der Waals surface area (Å²) in [7, 11) is 0. The molecule has 0 saturated heterocycles. The highest BCUT2D eigenvalue weighted by Gasteiger charge is 2.45. The molecule has 0 amide bonds. The first-order valence-electron chi connectivity index (χ1n) is 5.03. The number of para-hydroxylation sites is 1. The van der Waals surface area contributed by atoms with Gasteiger partial charge in [-0.25, -0.2) is 0 Å². The Balaban J connectivity index is 2.22. The van der Waals surface area contributed by atoms with Crippen molar-refractivity contribution in [3.8, 4) is 0 Å². The Bertz CT molecular complexity index is 468. The summed E-state index contributed by atoms with van der Waals surface area (Å²) in [4.78, 5) is 3.26. The van der Waals surface area contributed by atoms with E-state index in [4.69, 9.17) is 0 Å². The molecule has 1 heterocycles. The van der Waals surface area contributed by atoms with Gasteiger partial charge in [0.1, 0.15) is 0 Å². The fourth-order valence-corrected chi connectivity index (χ4v) is 2.17. The molecule has 1 saturated carbocycles. The molecule has 14 heavy (non-hydrogen) atoms. The van der Waals surface area contributed by atoms with E-state index in [1.807, 2.05) is 18.3 Å². The third kappa shape index (κ3) is 0.946. The van der Waals surface area contributed by atoms with Crippen molar-refractivity contribution in [2.75, 3.05) is 6.61 Å². The maximum atomic E-state index is 9.37. The van der Waals surface area contributed by atoms with E-state index in [0.717, 1.165) is 12.8 Å². The highest BCUT2D eigenvalue weighted by molar-refractivity contribution is 5.84. The third-order valence-corrected chi connectivity index (χ3v) is 3.32. The molecule has 0 spiro atoms. The van der Waals surface area contributed by atoms with Crippen molar-refractivity contribution in [1.82, 2.24) is 4.98 Å². The van der Waals surface area contributed by atoms with E-state index in [-0.39, 0.29) is 12.0 Å². The van der Waals surface area contributed by atoms with Crippen LogP contribution in [0.2, 0.25) is 0 Å². The maximum Gasteiger partial charge on any atom is 0.0528 e. The Hall–Kier alpha value is -1.28. The van der Waals surface area contributed by atoms with Crippen LogP contribution in [0.25, 0.3) is 10.9 Å². The highest BCUT2D eigenvalue weighted by Crippen LogP contribution is 2.49. The van der Waals surface area contributed by atoms with E-state index < -0.39 is 0 Å². The molecular formula is C12H13NO. The summed E-state index contributed by atoms with van der Waals surface area (Å²) in [6, 6.07) is 8.28. The lowest BCUT2D eigenvalue weighted by molar-refractivity contribution is 0.256. The number of fused-ring (bicyclic) bond motifs is 1. The van der Waals surface area contributed by atoms with Crippen LogP contribution in [0.15, 0.2) is 30.5 Å². The predicted octanol–water partition coefficient (Wildman–Crippen LogP) is 2.19. The molecule has 1 fully saturated rings. The van der Waals surface area contributed by atoms with Crippen LogP contribution in [-0.4, -0.2) is 16.7 Å². The van der Waals surface area contributed by atoms with Gasteiger partial charge in [0, 0.05) is 22.5 Å². The van der Waals surface area contributed by atoms with Gasteiger partial charge in [-0.3, -0.25) is 0 Å². The van der Waals surface area contributed by atoms with E-state index in [1.165, 1.54) is 16.5 Å². The van der Waals surface area contributed by atoms with Gasteiger partial charge in [-0.15, -0.1) is 0 Å². The topological polar surface area (TPSA) is 36.0 Å². The number of benzene rings is 1. The average Bonchev–Trinajstić information content (AvgIpc) is 2.91. The Kier molecular flexibility index (Phi) is 1.50. The Morgan fingerprint density at radius 2 is 2.07 bits per heavy atom. The van der Waals surface area contributed by atoms with Crippen LogP contribution >= 0.6 is 0 Å². The zero-order valence-electron chi connectivity index (χ0n) is 7.96. The minimum atomic E-state index is 0.0691.